The summed E-state index contributed by atoms with van der Waals surface area (Å²) in [6.07, 6.45) is 1.90. The van der Waals surface area contributed by atoms with Gasteiger partial charge in [0.25, 0.3) is 0 Å². The standard InChI is InChI=1S/C13H21N3O4/c1-14-9-12(19)16(13(14)20)7-3-5-11(18)15-6-2-4-10(17)8-15/h10,17H,2-9H2,1H3/t10-/m0/s1. The van der Waals surface area contributed by atoms with Gasteiger partial charge in [0.05, 0.1) is 6.10 Å². The molecule has 1 atom stereocenters. The molecule has 2 aliphatic rings. The Morgan fingerprint density at radius 1 is 1.40 bits per heavy atom. The van der Waals surface area contributed by atoms with E-state index in [-0.39, 0.29) is 30.9 Å². The Balaban J connectivity index is 1.74. The zero-order valence-corrected chi connectivity index (χ0v) is 11.7. The SMILES string of the molecule is CN1CC(=O)N(CCCC(=O)N2CCC[C@H](O)C2)C1=O. The number of rotatable bonds is 4. The van der Waals surface area contributed by atoms with E-state index < -0.39 is 6.10 Å². The number of likely N-dealkylation sites (N-methyl/N-ethyl adjacent to an activating group) is 1. The molecule has 2 heterocycles. The molecule has 7 nitrogen and oxygen atoms in total. The minimum atomic E-state index is -0.428. The van der Waals surface area contributed by atoms with Crippen LogP contribution in [0.15, 0.2) is 0 Å². The fourth-order valence-electron chi connectivity index (χ4n) is 2.62. The topological polar surface area (TPSA) is 81.2 Å². The first-order valence-corrected chi connectivity index (χ1v) is 7.00. The predicted octanol–water partition coefficient (Wildman–Crippen LogP) is -0.356. The molecule has 0 aliphatic carbocycles. The summed E-state index contributed by atoms with van der Waals surface area (Å²) in [6, 6.07) is -0.296. The van der Waals surface area contributed by atoms with Crippen LogP contribution in [0.5, 0.6) is 0 Å². The predicted molar refractivity (Wildman–Crippen MR) is 70.8 cm³/mol. The van der Waals surface area contributed by atoms with Crippen LogP contribution in [0.25, 0.3) is 0 Å². The van der Waals surface area contributed by atoms with Gasteiger partial charge in [-0.1, -0.05) is 0 Å². The number of nitrogens with zero attached hydrogens (tertiary/aromatic N) is 3. The molecule has 0 aromatic rings. The average molecular weight is 283 g/mol. The van der Waals surface area contributed by atoms with Gasteiger partial charge in [0.15, 0.2) is 0 Å². The summed E-state index contributed by atoms with van der Waals surface area (Å²) >= 11 is 0. The number of imide groups is 1. The van der Waals surface area contributed by atoms with E-state index in [4.69, 9.17) is 0 Å². The van der Waals surface area contributed by atoms with Crippen molar-refractivity contribution in [1.82, 2.24) is 14.7 Å². The van der Waals surface area contributed by atoms with Gasteiger partial charge in [0.1, 0.15) is 6.54 Å². The number of β-amino-alcohol motifs (C(OH)–C–C–N with tert-alkyl or cyclic N) is 1. The molecule has 0 aromatic carbocycles. The number of urea groups is 1. The second-order valence-electron chi connectivity index (χ2n) is 5.42. The van der Waals surface area contributed by atoms with Gasteiger partial charge in [0, 0.05) is 33.1 Å². The third-order valence-corrected chi connectivity index (χ3v) is 3.75. The maximum absolute atomic E-state index is 12.0. The van der Waals surface area contributed by atoms with E-state index in [0.29, 0.717) is 25.9 Å². The van der Waals surface area contributed by atoms with Crippen LogP contribution >= 0.6 is 0 Å². The molecule has 20 heavy (non-hydrogen) atoms. The summed E-state index contributed by atoms with van der Waals surface area (Å²) in [5.41, 5.74) is 0. The number of hydrogen-bond acceptors (Lipinski definition) is 4. The Morgan fingerprint density at radius 2 is 2.15 bits per heavy atom. The van der Waals surface area contributed by atoms with E-state index in [1.807, 2.05) is 0 Å². The maximum Gasteiger partial charge on any atom is 0.326 e. The van der Waals surface area contributed by atoms with Crippen LogP contribution in [-0.2, 0) is 9.59 Å². The van der Waals surface area contributed by atoms with E-state index in [0.717, 1.165) is 12.8 Å². The molecule has 2 saturated heterocycles. The van der Waals surface area contributed by atoms with Crippen molar-refractivity contribution in [2.24, 2.45) is 0 Å². The van der Waals surface area contributed by atoms with Gasteiger partial charge in [-0.15, -0.1) is 0 Å². The van der Waals surface area contributed by atoms with Crippen LogP contribution in [0.2, 0.25) is 0 Å². The van der Waals surface area contributed by atoms with Gasteiger partial charge in [-0.25, -0.2) is 4.79 Å². The second-order valence-corrected chi connectivity index (χ2v) is 5.42. The van der Waals surface area contributed by atoms with Crippen LogP contribution in [0.3, 0.4) is 0 Å². The van der Waals surface area contributed by atoms with Crippen molar-refractivity contribution in [3.8, 4) is 0 Å². The molecular weight excluding hydrogens is 262 g/mol. The molecule has 0 saturated carbocycles. The van der Waals surface area contributed by atoms with E-state index in [1.54, 1.807) is 11.9 Å². The number of likely N-dealkylation sites (tertiary alicyclic amines) is 1. The van der Waals surface area contributed by atoms with Crippen molar-refractivity contribution in [1.29, 1.82) is 0 Å². The van der Waals surface area contributed by atoms with Crippen molar-refractivity contribution in [3.05, 3.63) is 0 Å². The average Bonchev–Trinajstić information content (AvgIpc) is 2.65. The largest absolute Gasteiger partial charge is 0.391 e. The lowest BCUT2D eigenvalue weighted by Crippen LogP contribution is -2.42. The molecule has 4 amide bonds. The lowest BCUT2D eigenvalue weighted by Gasteiger charge is -2.30. The highest BCUT2D eigenvalue weighted by molar-refractivity contribution is 6.01. The normalized spacial score (nSPS) is 23.7. The Morgan fingerprint density at radius 3 is 2.75 bits per heavy atom. The van der Waals surface area contributed by atoms with Crippen molar-refractivity contribution in [2.75, 3.05) is 33.2 Å². The molecule has 0 unspecified atom stereocenters. The van der Waals surface area contributed by atoms with E-state index in [9.17, 15) is 19.5 Å². The Labute approximate surface area is 118 Å². The quantitative estimate of drug-likeness (QED) is 0.715. The van der Waals surface area contributed by atoms with Crippen LogP contribution in [0.1, 0.15) is 25.7 Å². The second kappa shape index (κ2) is 6.21. The first-order valence-electron chi connectivity index (χ1n) is 7.00. The fourth-order valence-corrected chi connectivity index (χ4v) is 2.62. The van der Waals surface area contributed by atoms with Gasteiger partial charge in [-0.05, 0) is 19.3 Å². The van der Waals surface area contributed by atoms with Gasteiger partial charge in [-0.2, -0.15) is 0 Å². The number of aliphatic hydroxyl groups excluding tert-OH is 1. The van der Waals surface area contributed by atoms with Crippen molar-refractivity contribution >= 4 is 17.8 Å². The van der Waals surface area contributed by atoms with Crippen LogP contribution in [0.4, 0.5) is 4.79 Å². The molecular formula is C13H21N3O4. The first-order chi connectivity index (χ1) is 9.49. The van der Waals surface area contributed by atoms with E-state index >= 15 is 0 Å². The van der Waals surface area contributed by atoms with Crippen molar-refractivity contribution < 1.29 is 19.5 Å². The maximum atomic E-state index is 12.0. The molecule has 0 aromatic heterocycles. The van der Waals surface area contributed by atoms with Gasteiger partial charge in [0.2, 0.25) is 11.8 Å². The molecule has 7 heteroatoms. The lowest BCUT2D eigenvalue weighted by atomic mass is 10.1. The van der Waals surface area contributed by atoms with Crippen molar-refractivity contribution in [3.63, 3.8) is 0 Å². The number of piperidine rings is 1. The van der Waals surface area contributed by atoms with E-state index in [1.165, 1.54) is 9.80 Å². The Bertz CT molecular complexity index is 412. The van der Waals surface area contributed by atoms with Gasteiger partial charge < -0.3 is 14.9 Å². The summed E-state index contributed by atoms with van der Waals surface area (Å²) in [6.45, 7) is 1.47. The lowest BCUT2D eigenvalue weighted by molar-refractivity contribution is -0.134. The fraction of sp³-hybridized carbons (Fsp3) is 0.769. The molecule has 0 spiro atoms. The number of carbonyl (C=O) groups is 3. The molecule has 2 aliphatic heterocycles. The zero-order chi connectivity index (χ0) is 14.7. The molecule has 1 N–H and O–H groups in total. The summed E-state index contributed by atoms with van der Waals surface area (Å²) in [5.74, 6) is -0.227. The number of carbonyl (C=O) groups excluding carboxylic acids is 3. The van der Waals surface area contributed by atoms with Gasteiger partial charge >= 0.3 is 6.03 Å². The minimum absolute atomic E-state index is 0.0174. The van der Waals surface area contributed by atoms with Crippen LogP contribution in [-0.4, -0.2) is 77.0 Å². The summed E-state index contributed by atoms with van der Waals surface area (Å²) in [5, 5.41) is 9.53. The number of amides is 4. The first kappa shape index (κ1) is 14.8. The molecule has 0 radical (unpaired) electrons. The van der Waals surface area contributed by atoms with E-state index in [2.05, 4.69) is 0 Å². The van der Waals surface area contributed by atoms with Crippen molar-refractivity contribution in [2.45, 2.75) is 31.8 Å². The smallest absolute Gasteiger partial charge is 0.326 e. The summed E-state index contributed by atoms with van der Waals surface area (Å²) in [4.78, 5) is 39.4. The highest BCUT2D eigenvalue weighted by atomic mass is 16.3. The molecule has 2 rings (SSSR count). The summed E-state index contributed by atoms with van der Waals surface area (Å²) < 4.78 is 0. The van der Waals surface area contributed by atoms with Crippen LogP contribution < -0.4 is 0 Å². The highest BCUT2D eigenvalue weighted by Crippen LogP contribution is 2.13. The third kappa shape index (κ3) is 3.27. The van der Waals surface area contributed by atoms with Gasteiger partial charge in [-0.3, -0.25) is 14.5 Å². The highest BCUT2D eigenvalue weighted by Gasteiger charge is 2.33. The number of hydrogen-bond donors (Lipinski definition) is 1. The Hall–Kier alpha value is -1.63. The monoisotopic (exact) mass is 283 g/mol. The molecule has 112 valence electrons. The molecule has 0 bridgehead atoms. The summed E-state index contributed by atoms with van der Waals surface area (Å²) in [7, 11) is 1.58. The minimum Gasteiger partial charge on any atom is -0.391 e. The number of aliphatic hydroxyl groups is 1. The van der Waals surface area contributed by atoms with Crippen LogP contribution in [0, 0.1) is 0 Å². The zero-order valence-electron chi connectivity index (χ0n) is 11.7. The third-order valence-electron chi connectivity index (χ3n) is 3.75. The Kier molecular flexibility index (Phi) is 4.59. The molecule has 2 fully saturated rings.